The molecule has 1 aliphatic carbocycles. The highest BCUT2D eigenvalue weighted by atomic mass is 32.2. The molecule has 2 aromatic heterocycles. The van der Waals surface area contributed by atoms with Gasteiger partial charge in [-0.1, -0.05) is 18.2 Å². The van der Waals surface area contributed by atoms with Crippen LogP contribution in [0.2, 0.25) is 0 Å². The van der Waals surface area contributed by atoms with Crippen molar-refractivity contribution in [1.82, 2.24) is 10.3 Å². The molecule has 1 amide bonds. The number of carbonyl (C=O) groups excluding carboxylic acids is 1. The Morgan fingerprint density at radius 2 is 2.00 bits per heavy atom. The number of fused-ring (bicyclic) bond motifs is 1. The van der Waals surface area contributed by atoms with Crippen LogP contribution in [0.5, 0.6) is 0 Å². The Labute approximate surface area is 155 Å². The van der Waals surface area contributed by atoms with Gasteiger partial charge in [-0.15, -0.1) is 11.3 Å². The fourth-order valence-corrected chi connectivity index (χ4v) is 4.56. The predicted molar refractivity (Wildman–Crippen MR) is 101 cm³/mol. The number of sulfonamides is 1. The van der Waals surface area contributed by atoms with Crippen LogP contribution >= 0.6 is 11.3 Å². The molecule has 0 atom stereocenters. The van der Waals surface area contributed by atoms with E-state index in [1.165, 1.54) is 6.07 Å². The van der Waals surface area contributed by atoms with E-state index in [1.54, 1.807) is 6.07 Å². The van der Waals surface area contributed by atoms with Gasteiger partial charge in [-0.05, 0) is 37.1 Å². The number of carbonyl (C=O) groups is 1. The molecule has 8 heteroatoms. The van der Waals surface area contributed by atoms with E-state index in [0.717, 1.165) is 45.7 Å². The van der Waals surface area contributed by atoms with Crippen molar-refractivity contribution in [1.29, 1.82) is 0 Å². The Morgan fingerprint density at radius 3 is 2.69 bits per heavy atom. The summed E-state index contributed by atoms with van der Waals surface area (Å²) >= 11 is 1.06. The predicted octanol–water partition coefficient (Wildman–Crippen LogP) is 2.75. The van der Waals surface area contributed by atoms with Gasteiger partial charge in [0.1, 0.15) is 4.21 Å². The molecule has 2 heterocycles. The Hall–Kier alpha value is -2.29. The molecule has 134 valence electrons. The first-order valence-electron chi connectivity index (χ1n) is 8.21. The van der Waals surface area contributed by atoms with Gasteiger partial charge in [0, 0.05) is 21.9 Å². The fourth-order valence-electron chi connectivity index (χ4n) is 2.84. The summed E-state index contributed by atoms with van der Waals surface area (Å²) in [5.74, 6) is 0.247. The maximum atomic E-state index is 12.8. The molecule has 1 aromatic carbocycles. The third-order valence-electron chi connectivity index (χ3n) is 4.32. The summed E-state index contributed by atoms with van der Waals surface area (Å²) in [6.45, 7) is 0.244. The molecule has 6 nitrogen and oxygen atoms in total. The van der Waals surface area contributed by atoms with Crippen molar-refractivity contribution in [3.05, 3.63) is 58.6 Å². The molecule has 0 radical (unpaired) electrons. The monoisotopic (exact) mass is 387 g/mol. The lowest BCUT2D eigenvalue weighted by atomic mass is 10.1. The smallest absolute Gasteiger partial charge is 0.252 e. The highest BCUT2D eigenvalue weighted by Gasteiger charge is 2.27. The molecule has 3 aromatic rings. The number of nitrogens with zero attached hydrogens (tertiary/aromatic N) is 1. The van der Waals surface area contributed by atoms with Crippen LogP contribution in [0, 0.1) is 0 Å². The third kappa shape index (κ3) is 3.48. The van der Waals surface area contributed by atoms with Crippen molar-refractivity contribution >= 4 is 38.2 Å². The first kappa shape index (κ1) is 17.1. The zero-order valence-corrected chi connectivity index (χ0v) is 15.4. The minimum atomic E-state index is -3.71. The Balaban J connectivity index is 1.59. The number of para-hydroxylation sites is 1. The lowest BCUT2D eigenvalue weighted by Gasteiger charge is -2.09. The summed E-state index contributed by atoms with van der Waals surface area (Å²) in [5, 5.41) is 8.80. The molecule has 3 N–H and O–H groups in total. The molecule has 0 saturated heterocycles. The zero-order chi connectivity index (χ0) is 18.3. The third-order valence-corrected chi connectivity index (χ3v) is 6.84. The summed E-state index contributed by atoms with van der Waals surface area (Å²) in [6.07, 6.45) is 2.22. The maximum Gasteiger partial charge on any atom is 0.252 e. The molecule has 4 rings (SSSR count). The number of benzene rings is 1. The molecule has 1 saturated carbocycles. The normalized spacial score (nSPS) is 14.5. The molecule has 0 unspecified atom stereocenters. The standard InChI is InChI=1S/C18H17N3O3S2/c19-26(23,24)17-8-7-12(25-17)10-20-18(22)14-9-16(11-5-6-11)21-15-4-2-1-3-13(14)15/h1-4,7-9,11H,5-6,10H2,(H,20,22)(H2,19,23,24). The summed E-state index contributed by atoms with van der Waals surface area (Å²) in [6, 6.07) is 12.6. The second kappa shape index (κ2) is 6.46. The van der Waals surface area contributed by atoms with Gasteiger partial charge in [0.25, 0.3) is 5.91 Å². The first-order chi connectivity index (χ1) is 12.4. The van der Waals surface area contributed by atoms with Crippen molar-refractivity contribution in [2.45, 2.75) is 29.5 Å². The number of primary sulfonamides is 1. The van der Waals surface area contributed by atoms with E-state index in [1.807, 2.05) is 30.3 Å². The number of hydrogen-bond donors (Lipinski definition) is 2. The van der Waals surface area contributed by atoms with Crippen LogP contribution in [0.3, 0.4) is 0 Å². The second-order valence-corrected chi connectivity index (χ2v) is 9.29. The van der Waals surface area contributed by atoms with E-state index in [-0.39, 0.29) is 16.7 Å². The van der Waals surface area contributed by atoms with E-state index >= 15 is 0 Å². The average Bonchev–Trinajstić information content (AvgIpc) is 3.35. The van der Waals surface area contributed by atoms with Crippen molar-refractivity contribution in [3.63, 3.8) is 0 Å². The van der Waals surface area contributed by atoms with Crippen molar-refractivity contribution in [2.24, 2.45) is 5.14 Å². The second-order valence-electron chi connectivity index (χ2n) is 6.33. The van der Waals surface area contributed by atoms with Gasteiger partial charge in [-0.25, -0.2) is 13.6 Å². The number of nitrogens with two attached hydrogens (primary N) is 1. The molecular weight excluding hydrogens is 370 g/mol. The van der Waals surface area contributed by atoms with Crippen LogP contribution < -0.4 is 10.5 Å². The topological polar surface area (TPSA) is 102 Å². The number of rotatable bonds is 5. The average molecular weight is 387 g/mol. The quantitative estimate of drug-likeness (QED) is 0.703. The Kier molecular flexibility index (Phi) is 4.26. The lowest BCUT2D eigenvalue weighted by Crippen LogP contribution is -2.23. The number of pyridine rings is 1. The molecular formula is C18H17N3O3S2. The van der Waals surface area contributed by atoms with Crippen LogP contribution in [-0.2, 0) is 16.6 Å². The van der Waals surface area contributed by atoms with Gasteiger partial charge >= 0.3 is 0 Å². The summed E-state index contributed by atoms with van der Waals surface area (Å²) < 4.78 is 22.8. The van der Waals surface area contributed by atoms with E-state index in [4.69, 9.17) is 5.14 Å². The molecule has 0 spiro atoms. The van der Waals surface area contributed by atoms with E-state index in [9.17, 15) is 13.2 Å². The summed E-state index contributed by atoms with van der Waals surface area (Å²) in [4.78, 5) is 18.1. The van der Waals surface area contributed by atoms with Gasteiger partial charge in [0.2, 0.25) is 10.0 Å². The highest BCUT2D eigenvalue weighted by Crippen LogP contribution is 2.40. The molecule has 1 fully saturated rings. The molecule has 1 aliphatic rings. The highest BCUT2D eigenvalue weighted by molar-refractivity contribution is 7.91. The minimum absolute atomic E-state index is 0.0899. The van der Waals surface area contributed by atoms with Crippen LogP contribution in [0.4, 0.5) is 0 Å². The van der Waals surface area contributed by atoms with Gasteiger partial charge in [-0.3, -0.25) is 9.78 Å². The van der Waals surface area contributed by atoms with E-state index < -0.39 is 10.0 Å². The summed E-state index contributed by atoms with van der Waals surface area (Å²) in [7, 11) is -3.71. The molecule has 0 bridgehead atoms. The lowest BCUT2D eigenvalue weighted by molar-refractivity contribution is 0.0953. The van der Waals surface area contributed by atoms with Crippen molar-refractivity contribution in [3.8, 4) is 0 Å². The number of thiophene rings is 1. The molecule has 0 aliphatic heterocycles. The summed E-state index contributed by atoms with van der Waals surface area (Å²) in [5.41, 5.74) is 2.37. The number of aromatic nitrogens is 1. The maximum absolute atomic E-state index is 12.8. The van der Waals surface area contributed by atoms with Gasteiger partial charge in [-0.2, -0.15) is 0 Å². The Bertz CT molecular complexity index is 1100. The van der Waals surface area contributed by atoms with Gasteiger partial charge in [0.05, 0.1) is 17.6 Å². The SMILES string of the molecule is NS(=O)(=O)c1ccc(CNC(=O)c2cc(C3CC3)nc3ccccc23)s1. The first-order valence-corrected chi connectivity index (χ1v) is 10.6. The van der Waals surface area contributed by atoms with Crippen LogP contribution in [0.1, 0.15) is 39.7 Å². The van der Waals surface area contributed by atoms with Crippen molar-refractivity contribution < 1.29 is 13.2 Å². The fraction of sp³-hybridized carbons (Fsp3) is 0.222. The number of amides is 1. The van der Waals surface area contributed by atoms with Crippen molar-refractivity contribution in [2.75, 3.05) is 0 Å². The van der Waals surface area contributed by atoms with E-state index in [0.29, 0.717) is 11.5 Å². The Morgan fingerprint density at radius 1 is 1.23 bits per heavy atom. The zero-order valence-electron chi connectivity index (χ0n) is 13.8. The van der Waals surface area contributed by atoms with Gasteiger partial charge < -0.3 is 5.32 Å². The largest absolute Gasteiger partial charge is 0.347 e. The van der Waals surface area contributed by atoms with E-state index in [2.05, 4.69) is 10.3 Å². The van der Waals surface area contributed by atoms with Gasteiger partial charge in [0.15, 0.2) is 0 Å². The van der Waals surface area contributed by atoms with Crippen LogP contribution in [0.15, 0.2) is 46.7 Å². The molecule has 26 heavy (non-hydrogen) atoms. The minimum Gasteiger partial charge on any atom is -0.347 e. The van der Waals surface area contributed by atoms with Crippen LogP contribution in [0.25, 0.3) is 10.9 Å². The number of nitrogens with one attached hydrogen (secondary N) is 1. The van der Waals surface area contributed by atoms with Crippen LogP contribution in [-0.4, -0.2) is 19.3 Å². The number of hydrogen-bond acceptors (Lipinski definition) is 5.